The fourth-order valence-corrected chi connectivity index (χ4v) is 2.33. The number of likely N-dealkylation sites (N-methyl/N-ethyl adjacent to an activating group) is 1. The lowest BCUT2D eigenvalue weighted by Crippen LogP contribution is -2.29. The molecule has 0 aromatic carbocycles. The van der Waals surface area contributed by atoms with Crippen molar-refractivity contribution >= 4 is 0 Å². The fraction of sp³-hybridized carbons (Fsp3) is 0.867. The predicted octanol–water partition coefficient (Wildman–Crippen LogP) is 3.04. The molecule has 0 aliphatic heterocycles. The van der Waals surface area contributed by atoms with Crippen molar-refractivity contribution in [2.45, 2.75) is 71.9 Å². The monoisotopic (exact) mass is 266 g/mol. The molecule has 0 saturated heterocycles. The molecule has 19 heavy (non-hydrogen) atoms. The standard InChI is InChI=1S/C15H30N4/c1-5-6-7-8-9-14(16-4)10-15-17-12-18-19(15)11-13(2)3/h12-14,16H,5-11H2,1-4H3. The van der Waals surface area contributed by atoms with E-state index < -0.39 is 0 Å². The van der Waals surface area contributed by atoms with E-state index in [1.165, 1.54) is 32.1 Å². The Morgan fingerprint density at radius 2 is 2.05 bits per heavy atom. The van der Waals surface area contributed by atoms with Gasteiger partial charge in [0.1, 0.15) is 12.2 Å². The maximum atomic E-state index is 4.41. The van der Waals surface area contributed by atoms with Crippen molar-refractivity contribution in [3.8, 4) is 0 Å². The molecule has 0 fully saturated rings. The Kier molecular flexibility index (Phi) is 7.72. The maximum absolute atomic E-state index is 4.41. The fourth-order valence-electron chi connectivity index (χ4n) is 2.33. The van der Waals surface area contributed by atoms with Crippen LogP contribution in [0.3, 0.4) is 0 Å². The molecule has 0 bridgehead atoms. The largest absolute Gasteiger partial charge is 0.317 e. The van der Waals surface area contributed by atoms with Gasteiger partial charge in [-0.25, -0.2) is 9.67 Å². The lowest BCUT2D eigenvalue weighted by Gasteiger charge is -2.16. The zero-order chi connectivity index (χ0) is 14.1. The summed E-state index contributed by atoms with van der Waals surface area (Å²) in [7, 11) is 2.05. The minimum absolute atomic E-state index is 0.520. The van der Waals surface area contributed by atoms with Gasteiger partial charge >= 0.3 is 0 Å². The van der Waals surface area contributed by atoms with Gasteiger partial charge in [0.05, 0.1) is 0 Å². The molecule has 1 unspecified atom stereocenters. The summed E-state index contributed by atoms with van der Waals surface area (Å²) in [6.07, 6.45) is 9.18. The summed E-state index contributed by atoms with van der Waals surface area (Å²) in [4.78, 5) is 4.41. The van der Waals surface area contributed by atoms with E-state index in [1.54, 1.807) is 6.33 Å². The Bertz CT molecular complexity index is 333. The van der Waals surface area contributed by atoms with E-state index in [2.05, 4.69) is 40.9 Å². The molecule has 4 nitrogen and oxygen atoms in total. The summed E-state index contributed by atoms with van der Waals surface area (Å²) in [6, 6.07) is 0.520. The first-order chi connectivity index (χ1) is 9.17. The van der Waals surface area contributed by atoms with E-state index in [0.717, 1.165) is 18.8 Å². The third-order valence-corrected chi connectivity index (χ3v) is 3.48. The van der Waals surface area contributed by atoms with Gasteiger partial charge in [-0.2, -0.15) is 5.10 Å². The van der Waals surface area contributed by atoms with E-state index in [4.69, 9.17) is 0 Å². The number of nitrogens with zero attached hydrogens (tertiary/aromatic N) is 3. The van der Waals surface area contributed by atoms with Gasteiger partial charge in [-0.3, -0.25) is 0 Å². The summed E-state index contributed by atoms with van der Waals surface area (Å²) in [5.41, 5.74) is 0. The molecule has 1 atom stereocenters. The lowest BCUT2D eigenvalue weighted by atomic mass is 10.0. The van der Waals surface area contributed by atoms with Crippen LogP contribution < -0.4 is 5.32 Å². The molecule has 0 aliphatic rings. The molecular weight excluding hydrogens is 236 g/mol. The van der Waals surface area contributed by atoms with E-state index in [9.17, 15) is 0 Å². The maximum Gasteiger partial charge on any atom is 0.138 e. The van der Waals surface area contributed by atoms with E-state index >= 15 is 0 Å². The average molecular weight is 266 g/mol. The minimum Gasteiger partial charge on any atom is -0.317 e. The van der Waals surface area contributed by atoms with Gasteiger partial charge in [-0.05, 0) is 19.4 Å². The average Bonchev–Trinajstić information content (AvgIpc) is 2.79. The quantitative estimate of drug-likeness (QED) is 0.662. The molecule has 0 spiro atoms. The van der Waals surface area contributed by atoms with Crippen molar-refractivity contribution in [2.75, 3.05) is 7.05 Å². The van der Waals surface area contributed by atoms with Gasteiger partial charge in [0.2, 0.25) is 0 Å². The zero-order valence-corrected chi connectivity index (χ0v) is 13.0. The van der Waals surface area contributed by atoms with Crippen LogP contribution in [-0.4, -0.2) is 27.9 Å². The first-order valence-electron chi connectivity index (χ1n) is 7.71. The molecular formula is C15H30N4. The molecule has 1 aromatic rings. The number of hydrogen-bond donors (Lipinski definition) is 1. The summed E-state index contributed by atoms with van der Waals surface area (Å²) < 4.78 is 2.06. The highest BCUT2D eigenvalue weighted by Crippen LogP contribution is 2.10. The Labute approximate surface area is 118 Å². The van der Waals surface area contributed by atoms with Crippen LogP contribution in [-0.2, 0) is 13.0 Å². The summed E-state index contributed by atoms with van der Waals surface area (Å²) in [5, 5.41) is 7.75. The van der Waals surface area contributed by atoms with Crippen LogP contribution in [0, 0.1) is 5.92 Å². The third kappa shape index (κ3) is 6.19. The topological polar surface area (TPSA) is 42.7 Å². The Morgan fingerprint density at radius 1 is 1.26 bits per heavy atom. The summed E-state index contributed by atoms with van der Waals surface area (Å²) >= 11 is 0. The van der Waals surface area contributed by atoms with Gasteiger partial charge in [0.15, 0.2) is 0 Å². The van der Waals surface area contributed by atoms with Crippen molar-refractivity contribution in [1.29, 1.82) is 0 Å². The second kappa shape index (κ2) is 9.08. The van der Waals surface area contributed by atoms with Crippen LogP contribution in [0.15, 0.2) is 6.33 Å². The molecule has 4 heteroatoms. The smallest absolute Gasteiger partial charge is 0.138 e. The van der Waals surface area contributed by atoms with Crippen LogP contribution in [0.25, 0.3) is 0 Å². The van der Waals surface area contributed by atoms with Crippen molar-refractivity contribution in [3.05, 3.63) is 12.2 Å². The second-order valence-corrected chi connectivity index (χ2v) is 5.79. The van der Waals surface area contributed by atoms with Crippen molar-refractivity contribution in [2.24, 2.45) is 5.92 Å². The first kappa shape index (κ1) is 16.2. The number of unbranched alkanes of at least 4 members (excludes halogenated alkanes) is 3. The normalized spacial score (nSPS) is 13.1. The Balaban J connectivity index is 2.44. The van der Waals surface area contributed by atoms with Gasteiger partial charge < -0.3 is 5.32 Å². The minimum atomic E-state index is 0.520. The van der Waals surface area contributed by atoms with E-state index in [0.29, 0.717) is 12.0 Å². The lowest BCUT2D eigenvalue weighted by molar-refractivity contribution is 0.432. The molecule has 0 saturated carbocycles. The van der Waals surface area contributed by atoms with Crippen molar-refractivity contribution in [3.63, 3.8) is 0 Å². The Morgan fingerprint density at radius 3 is 2.68 bits per heavy atom. The van der Waals surface area contributed by atoms with Crippen LogP contribution in [0.2, 0.25) is 0 Å². The van der Waals surface area contributed by atoms with Crippen molar-refractivity contribution in [1.82, 2.24) is 20.1 Å². The molecule has 0 radical (unpaired) electrons. The first-order valence-corrected chi connectivity index (χ1v) is 7.71. The van der Waals surface area contributed by atoms with Gasteiger partial charge in [0, 0.05) is 19.0 Å². The predicted molar refractivity (Wildman–Crippen MR) is 80.2 cm³/mol. The molecule has 110 valence electrons. The summed E-state index contributed by atoms with van der Waals surface area (Å²) in [5.74, 6) is 1.72. The second-order valence-electron chi connectivity index (χ2n) is 5.79. The molecule has 0 amide bonds. The van der Waals surface area contributed by atoms with Gasteiger partial charge in [-0.15, -0.1) is 0 Å². The Hall–Kier alpha value is -0.900. The summed E-state index contributed by atoms with van der Waals surface area (Å²) in [6.45, 7) is 7.64. The van der Waals surface area contributed by atoms with Crippen LogP contribution >= 0.6 is 0 Å². The van der Waals surface area contributed by atoms with Gasteiger partial charge in [0.25, 0.3) is 0 Å². The highest BCUT2D eigenvalue weighted by Gasteiger charge is 2.12. The number of hydrogen-bond acceptors (Lipinski definition) is 3. The number of aromatic nitrogens is 3. The molecule has 1 rings (SSSR count). The molecule has 1 heterocycles. The van der Waals surface area contributed by atoms with Crippen LogP contribution in [0.5, 0.6) is 0 Å². The molecule has 1 N–H and O–H groups in total. The number of nitrogens with one attached hydrogen (secondary N) is 1. The SMILES string of the molecule is CCCCCCC(Cc1ncnn1CC(C)C)NC. The van der Waals surface area contributed by atoms with Gasteiger partial charge in [-0.1, -0.05) is 46.5 Å². The van der Waals surface area contributed by atoms with E-state index in [1.807, 2.05) is 7.05 Å². The molecule has 0 aliphatic carbocycles. The van der Waals surface area contributed by atoms with E-state index in [-0.39, 0.29) is 0 Å². The highest BCUT2D eigenvalue weighted by molar-refractivity contribution is 4.89. The molecule has 1 aromatic heterocycles. The zero-order valence-electron chi connectivity index (χ0n) is 13.0. The van der Waals surface area contributed by atoms with Crippen LogP contribution in [0.4, 0.5) is 0 Å². The third-order valence-electron chi connectivity index (χ3n) is 3.48. The van der Waals surface area contributed by atoms with Crippen molar-refractivity contribution < 1.29 is 0 Å². The van der Waals surface area contributed by atoms with Crippen LogP contribution in [0.1, 0.15) is 58.7 Å². The highest BCUT2D eigenvalue weighted by atomic mass is 15.3. The number of rotatable bonds is 10.